The lowest BCUT2D eigenvalue weighted by Crippen LogP contribution is -2.36. The molecule has 2 rings (SSSR count). The highest BCUT2D eigenvalue weighted by atomic mass is 16.5. The molecule has 0 bridgehead atoms. The lowest BCUT2D eigenvalue weighted by atomic mass is 10.1. The average Bonchev–Trinajstić information content (AvgIpc) is 2.87. The number of hydrogen-bond acceptors (Lipinski definition) is 3. The second kappa shape index (κ2) is 5.02. The van der Waals surface area contributed by atoms with Gasteiger partial charge >= 0.3 is 0 Å². The molecule has 1 saturated heterocycles. The zero-order valence-corrected chi connectivity index (χ0v) is 10.7. The SMILES string of the molecule is Cc1cc(C(=O)CN(C)C2CCOC2)c(C)[nH]1. The van der Waals surface area contributed by atoms with E-state index in [1.807, 2.05) is 27.0 Å². The Hall–Kier alpha value is -1.13. The lowest BCUT2D eigenvalue weighted by molar-refractivity contribution is 0.0906. The van der Waals surface area contributed by atoms with Crippen molar-refractivity contribution in [2.24, 2.45) is 0 Å². The third kappa shape index (κ3) is 2.76. The van der Waals surface area contributed by atoms with Crippen molar-refractivity contribution in [3.8, 4) is 0 Å². The van der Waals surface area contributed by atoms with Gasteiger partial charge in [0.2, 0.25) is 0 Å². The fraction of sp³-hybridized carbons (Fsp3) is 0.615. The van der Waals surface area contributed by atoms with Gasteiger partial charge in [0, 0.05) is 29.6 Å². The summed E-state index contributed by atoms with van der Waals surface area (Å²) in [6.07, 6.45) is 1.02. The average molecular weight is 236 g/mol. The molecule has 1 fully saturated rings. The Balaban J connectivity index is 1.98. The number of ether oxygens (including phenoxy) is 1. The molecule has 17 heavy (non-hydrogen) atoms. The van der Waals surface area contributed by atoms with Crippen LogP contribution in [0.4, 0.5) is 0 Å². The molecule has 0 amide bonds. The smallest absolute Gasteiger partial charge is 0.178 e. The minimum Gasteiger partial charge on any atom is -0.380 e. The maximum absolute atomic E-state index is 12.1. The molecule has 4 heteroatoms. The molecule has 1 unspecified atom stereocenters. The Kier molecular flexibility index (Phi) is 3.64. The van der Waals surface area contributed by atoms with E-state index in [4.69, 9.17) is 4.74 Å². The Morgan fingerprint density at radius 2 is 2.35 bits per heavy atom. The Morgan fingerprint density at radius 3 is 2.88 bits per heavy atom. The molecule has 0 aromatic carbocycles. The van der Waals surface area contributed by atoms with Crippen LogP contribution in [0, 0.1) is 13.8 Å². The van der Waals surface area contributed by atoms with Gasteiger partial charge in [0.25, 0.3) is 0 Å². The van der Waals surface area contributed by atoms with E-state index in [9.17, 15) is 4.79 Å². The fourth-order valence-corrected chi connectivity index (χ4v) is 2.32. The third-order valence-corrected chi connectivity index (χ3v) is 3.37. The van der Waals surface area contributed by atoms with E-state index in [1.165, 1.54) is 0 Å². The highest BCUT2D eigenvalue weighted by Gasteiger charge is 2.23. The number of nitrogens with zero attached hydrogens (tertiary/aromatic N) is 1. The number of carbonyl (C=O) groups excluding carboxylic acids is 1. The number of Topliss-reactive ketones (excluding diaryl/α,β-unsaturated/α-hetero) is 1. The highest BCUT2D eigenvalue weighted by molar-refractivity contribution is 5.98. The molecule has 1 aliphatic rings. The summed E-state index contributed by atoms with van der Waals surface area (Å²) in [4.78, 5) is 17.4. The van der Waals surface area contributed by atoms with Crippen LogP contribution < -0.4 is 0 Å². The number of likely N-dealkylation sites (N-methyl/N-ethyl adjacent to an activating group) is 1. The first kappa shape index (κ1) is 12.3. The van der Waals surface area contributed by atoms with Crippen molar-refractivity contribution in [1.82, 2.24) is 9.88 Å². The Labute approximate surface area is 102 Å². The van der Waals surface area contributed by atoms with Crippen molar-refractivity contribution in [3.05, 3.63) is 23.0 Å². The lowest BCUT2D eigenvalue weighted by Gasteiger charge is -2.21. The van der Waals surface area contributed by atoms with Crippen LogP contribution in [-0.2, 0) is 4.74 Å². The number of nitrogens with one attached hydrogen (secondary N) is 1. The molecule has 0 aliphatic carbocycles. The van der Waals surface area contributed by atoms with Crippen LogP contribution >= 0.6 is 0 Å². The Bertz CT molecular complexity index is 406. The second-order valence-corrected chi connectivity index (χ2v) is 4.85. The van der Waals surface area contributed by atoms with Gasteiger partial charge in [-0.25, -0.2) is 0 Å². The van der Waals surface area contributed by atoms with Gasteiger partial charge in [0.05, 0.1) is 13.2 Å². The normalized spacial score (nSPS) is 20.1. The van der Waals surface area contributed by atoms with Crippen molar-refractivity contribution in [1.29, 1.82) is 0 Å². The molecule has 1 aromatic heterocycles. The summed E-state index contributed by atoms with van der Waals surface area (Å²) in [5.74, 6) is 0.182. The van der Waals surface area contributed by atoms with E-state index in [0.717, 1.165) is 36.6 Å². The summed E-state index contributed by atoms with van der Waals surface area (Å²) in [5, 5.41) is 0. The van der Waals surface area contributed by atoms with Gasteiger partial charge < -0.3 is 9.72 Å². The first-order valence-electron chi connectivity index (χ1n) is 6.05. The van der Waals surface area contributed by atoms with E-state index in [-0.39, 0.29) is 5.78 Å². The number of rotatable bonds is 4. The molecule has 4 nitrogen and oxygen atoms in total. The van der Waals surface area contributed by atoms with Crippen molar-refractivity contribution >= 4 is 5.78 Å². The minimum absolute atomic E-state index is 0.182. The predicted octanol–water partition coefficient (Wildman–Crippen LogP) is 1.53. The summed E-state index contributed by atoms with van der Waals surface area (Å²) in [6, 6.07) is 2.32. The predicted molar refractivity (Wildman–Crippen MR) is 66.5 cm³/mol. The molecule has 0 radical (unpaired) electrons. The van der Waals surface area contributed by atoms with Crippen LogP contribution in [0.2, 0.25) is 0 Å². The highest BCUT2D eigenvalue weighted by Crippen LogP contribution is 2.14. The molecular weight excluding hydrogens is 216 g/mol. The Morgan fingerprint density at radius 1 is 1.59 bits per heavy atom. The van der Waals surface area contributed by atoms with E-state index in [0.29, 0.717) is 12.6 Å². The largest absolute Gasteiger partial charge is 0.380 e. The summed E-state index contributed by atoms with van der Waals surface area (Å²) >= 11 is 0. The zero-order chi connectivity index (χ0) is 12.4. The zero-order valence-electron chi connectivity index (χ0n) is 10.7. The summed E-state index contributed by atoms with van der Waals surface area (Å²) in [5.41, 5.74) is 2.81. The standard InChI is InChI=1S/C13H20N2O2/c1-9-6-12(10(2)14-9)13(16)7-15(3)11-4-5-17-8-11/h6,11,14H,4-5,7-8H2,1-3H3. The number of carbonyl (C=O) groups is 1. The van der Waals surface area contributed by atoms with Crippen LogP contribution in [-0.4, -0.2) is 48.5 Å². The number of aryl methyl sites for hydroxylation is 2. The molecule has 1 aliphatic heterocycles. The quantitative estimate of drug-likeness (QED) is 0.806. The molecule has 1 aromatic rings. The maximum Gasteiger partial charge on any atom is 0.178 e. The molecule has 1 N–H and O–H groups in total. The molecule has 2 heterocycles. The van der Waals surface area contributed by atoms with E-state index >= 15 is 0 Å². The maximum atomic E-state index is 12.1. The fourth-order valence-electron chi connectivity index (χ4n) is 2.32. The van der Waals surface area contributed by atoms with Gasteiger partial charge in [-0.05, 0) is 33.4 Å². The van der Waals surface area contributed by atoms with Crippen molar-refractivity contribution in [2.75, 3.05) is 26.8 Å². The number of H-pyrrole nitrogens is 1. The number of ketones is 1. The van der Waals surface area contributed by atoms with Crippen LogP contribution in [0.5, 0.6) is 0 Å². The molecule has 0 spiro atoms. The number of aromatic nitrogens is 1. The van der Waals surface area contributed by atoms with Crippen LogP contribution in [0.25, 0.3) is 0 Å². The minimum atomic E-state index is 0.182. The van der Waals surface area contributed by atoms with Crippen LogP contribution in [0.15, 0.2) is 6.07 Å². The number of aromatic amines is 1. The van der Waals surface area contributed by atoms with Gasteiger partial charge in [-0.15, -0.1) is 0 Å². The van der Waals surface area contributed by atoms with E-state index < -0.39 is 0 Å². The summed E-state index contributed by atoms with van der Waals surface area (Å²) in [6.45, 7) is 5.93. The molecule has 94 valence electrons. The van der Waals surface area contributed by atoms with Gasteiger partial charge in [0.1, 0.15) is 0 Å². The second-order valence-electron chi connectivity index (χ2n) is 4.85. The van der Waals surface area contributed by atoms with Gasteiger partial charge in [-0.3, -0.25) is 9.69 Å². The van der Waals surface area contributed by atoms with Crippen molar-refractivity contribution in [2.45, 2.75) is 26.3 Å². The molecule has 0 saturated carbocycles. The molecule has 1 atom stereocenters. The van der Waals surface area contributed by atoms with Crippen LogP contribution in [0.1, 0.15) is 28.2 Å². The third-order valence-electron chi connectivity index (χ3n) is 3.37. The van der Waals surface area contributed by atoms with E-state index in [1.54, 1.807) is 0 Å². The van der Waals surface area contributed by atoms with Crippen molar-refractivity contribution < 1.29 is 9.53 Å². The first-order chi connectivity index (χ1) is 8.08. The summed E-state index contributed by atoms with van der Waals surface area (Å²) < 4.78 is 5.33. The first-order valence-corrected chi connectivity index (χ1v) is 6.05. The summed E-state index contributed by atoms with van der Waals surface area (Å²) in [7, 11) is 1.99. The van der Waals surface area contributed by atoms with E-state index in [2.05, 4.69) is 9.88 Å². The molecular formula is C13H20N2O2. The monoisotopic (exact) mass is 236 g/mol. The topological polar surface area (TPSA) is 45.3 Å². The number of hydrogen-bond donors (Lipinski definition) is 1. The van der Waals surface area contributed by atoms with Crippen molar-refractivity contribution in [3.63, 3.8) is 0 Å². The van der Waals surface area contributed by atoms with Crippen LogP contribution in [0.3, 0.4) is 0 Å². The van der Waals surface area contributed by atoms with Gasteiger partial charge in [0.15, 0.2) is 5.78 Å². The van der Waals surface area contributed by atoms with Gasteiger partial charge in [-0.2, -0.15) is 0 Å². The van der Waals surface area contributed by atoms with Gasteiger partial charge in [-0.1, -0.05) is 0 Å².